The normalized spacial score (nSPS) is 13.9. The van der Waals surface area contributed by atoms with Gasteiger partial charge in [0.1, 0.15) is 12.3 Å². The second-order valence-electron chi connectivity index (χ2n) is 6.51. The number of benzene rings is 1. The van der Waals surface area contributed by atoms with Crippen LogP contribution in [0.1, 0.15) is 12.6 Å². The third-order valence-corrected chi connectivity index (χ3v) is 4.38. The van der Waals surface area contributed by atoms with Crippen LogP contribution in [0.3, 0.4) is 0 Å². The highest BCUT2D eigenvalue weighted by atomic mass is 16.5. The molecule has 1 amide bonds. The number of anilines is 2. The Morgan fingerprint density at radius 2 is 1.97 bits per heavy atom. The Labute approximate surface area is 169 Å². The fraction of sp³-hybridized carbons (Fsp3) is 0.450. The molecule has 1 fully saturated rings. The van der Waals surface area contributed by atoms with Crippen LogP contribution < -0.4 is 20.5 Å². The van der Waals surface area contributed by atoms with Crippen LogP contribution >= 0.6 is 0 Å². The van der Waals surface area contributed by atoms with E-state index in [1.54, 1.807) is 31.4 Å². The molecule has 0 bridgehead atoms. The van der Waals surface area contributed by atoms with Crippen molar-refractivity contribution in [3.63, 3.8) is 0 Å². The SMILES string of the molecule is CCOc1ccc(NC(=O)Cn2c(N3CCOCC3)nc(COC)cc2=O)cc1. The van der Waals surface area contributed by atoms with Gasteiger partial charge in [0.25, 0.3) is 5.56 Å². The highest BCUT2D eigenvalue weighted by Crippen LogP contribution is 2.16. The van der Waals surface area contributed by atoms with Gasteiger partial charge in [0.15, 0.2) is 0 Å². The number of rotatable bonds is 8. The second-order valence-corrected chi connectivity index (χ2v) is 6.51. The van der Waals surface area contributed by atoms with Crippen LogP contribution in [0.5, 0.6) is 5.75 Å². The molecule has 0 unspecified atom stereocenters. The van der Waals surface area contributed by atoms with E-state index in [2.05, 4.69) is 10.3 Å². The first-order valence-electron chi connectivity index (χ1n) is 9.55. The summed E-state index contributed by atoms with van der Waals surface area (Å²) in [4.78, 5) is 31.8. The Hall–Kier alpha value is -2.91. The van der Waals surface area contributed by atoms with Crippen molar-refractivity contribution >= 4 is 17.5 Å². The van der Waals surface area contributed by atoms with Gasteiger partial charge in [-0.2, -0.15) is 0 Å². The van der Waals surface area contributed by atoms with E-state index in [-0.39, 0.29) is 24.6 Å². The number of morpholine rings is 1. The van der Waals surface area contributed by atoms with Crippen molar-refractivity contribution in [2.45, 2.75) is 20.1 Å². The van der Waals surface area contributed by atoms with Crippen molar-refractivity contribution in [3.05, 3.63) is 46.4 Å². The van der Waals surface area contributed by atoms with Gasteiger partial charge in [-0.3, -0.25) is 14.2 Å². The van der Waals surface area contributed by atoms with Crippen molar-refractivity contribution in [2.75, 3.05) is 50.2 Å². The van der Waals surface area contributed by atoms with E-state index in [0.29, 0.717) is 50.2 Å². The molecule has 0 saturated carbocycles. The van der Waals surface area contributed by atoms with E-state index in [4.69, 9.17) is 14.2 Å². The molecule has 1 N–H and O–H groups in total. The maximum absolute atomic E-state index is 12.7. The molecule has 9 heteroatoms. The molecule has 1 aromatic carbocycles. The molecule has 1 aliphatic heterocycles. The maximum atomic E-state index is 12.7. The van der Waals surface area contributed by atoms with Crippen molar-refractivity contribution in [1.29, 1.82) is 0 Å². The minimum atomic E-state index is -0.313. The number of nitrogens with one attached hydrogen (secondary N) is 1. The first-order chi connectivity index (χ1) is 14.1. The van der Waals surface area contributed by atoms with Gasteiger partial charge in [-0.05, 0) is 31.2 Å². The van der Waals surface area contributed by atoms with Crippen molar-refractivity contribution < 1.29 is 19.0 Å². The summed E-state index contributed by atoms with van der Waals surface area (Å²) >= 11 is 0. The van der Waals surface area contributed by atoms with Gasteiger partial charge in [-0.15, -0.1) is 0 Å². The first kappa shape index (κ1) is 20.8. The summed E-state index contributed by atoms with van der Waals surface area (Å²) in [7, 11) is 1.55. The Morgan fingerprint density at radius 1 is 1.24 bits per heavy atom. The molecule has 156 valence electrons. The number of amides is 1. The lowest BCUT2D eigenvalue weighted by Crippen LogP contribution is -2.42. The number of ether oxygens (including phenoxy) is 3. The fourth-order valence-corrected chi connectivity index (χ4v) is 3.06. The summed E-state index contributed by atoms with van der Waals surface area (Å²) in [6, 6.07) is 8.48. The molecule has 0 aliphatic carbocycles. The van der Waals surface area contributed by atoms with E-state index in [1.807, 2.05) is 11.8 Å². The predicted octanol–water partition coefficient (Wildman–Crippen LogP) is 1.26. The molecular formula is C20H26N4O5. The summed E-state index contributed by atoms with van der Waals surface area (Å²) in [5, 5.41) is 2.81. The van der Waals surface area contributed by atoms with E-state index >= 15 is 0 Å². The molecular weight excluding hydrogens is 376 g/mol. The van der Waals surface area contributed by atoms with Crippen LogP contribution in [0, 0.1) is 0 Å². The zero-order valence-electron chi connectivity index (χ0n) is 16.7. The monoisotopic (exact) mass is 402 g/mol. The molecule has 9 nitrogen and oxygen atoms in total. The number of aromatic nitrogens is 2. The van der Waals surface area contributed by atoms with Crippen molar-refractivity contribution in [2.24, 2.45) is 0 Å². The Balaban J connectivity index is 1.79. The first-order valence-corrected chi connectivity index (χ1v) is 9.55. The third kappa shape index (κ3) is 5.55. The van der Waals surface area contributed by atoms with E-state index in [9.17, 15) is 9.59 Å². The highest BCUT2D eigenvalue weighted by molar-refractivity contribution is 5.90. The van der Waals surface area contributed by atoms with Crippen LogP contribution in [0.25, 0.3) is 0 Å². The van der Waals surface area contributed by atoms with Gasteiger partial charge in [0.2, 0.25) is 11.9 Å². The minimum Gasteiger partial charge on any atom is -0.494 e. The van der Waals surface area contributed by atoms with Crippen LogP contribution in [0.15, 0.2) is 35.1 Å². The molecule has 1 aromatic heterocycles. The zero-order chi connectivity index (χ0) is 20.6. The van der Waals surface area contributed by atoms with Crippen LogP contribution in [-0.4, -0.2) is 55.5 Å². The summed E-state index contributed by atoms with van der Waals surface area (Å²) in [6.45, 7) is 4.86. The van der Waals surface area contributed by atoms with E-state index < -0.39 is 0 Å². The number of carbonyl (C=O) groups excluding carboxylic acids is 1. The molecule has 0 atom stereocenters. The quantitative estimate of drug-likeness (QED) is 0.710. The summed E-state index contributed by atoms with van der Waals surface area (Å²) < 4.78 is 17.3. The zero-order valence-corrected chi connectivity index (χ0v) is 16.7. The Bertz CT molecular complexity index is 875. The summed E-state index contributed by atoms with van der Waals surface area (Å²) in [5.41, 5.74) is 0.862. The highest BCUT2D eigenvalue weighted by Gasteiger charge is 2.20. The molecule has 0 radical (unpaired) electrons. The Morgan fingerprint density at radius 3 is 2.62 bits per heavy atom. The van der Waals surface area contributed by atoms with Crippen molar-refractivity contribution in [3.8, 4) is 5.75 Å². The number of methoxy groups -OCH3 is 1. The minimum absolute atomic E-state index is 0.140. The molecule has 1 saturated heterocycles. The molecule has 1 aliphatic rings. The second kappa shape index (κ2) is 10.0. The number of nitrogens with zero attached hydrogens (tertiary/aromatic N) is 3. The lowest BCUT2D eigenvalue weighted by molar-refractivity contribution is -0.116. The van der Waals surface area contributed by atoms with Gasteiger partial charge in [-0.1, -0.05) is 0 Å². The molecule has 2 aromatic rings. The average Bonchev–Trinajstić information content (AvgIpc) is 2.72. The van der Waals surface area contributed by atoms with Crippen LogP contribution in [0.2, 0.25) is 0 Å². The average molecular weight is 402 g/mol. The van der Waals surface area contributed by atoms with Crippen LogP contribution in [-0.2, 0) is 27.4 Å². The number of hydrogen-bond donors (Lipinski definition) is 1. The standard InChI is InChI=1S/C20H26N4O5/c1-3-29-17-6-4-15(5-7-17)21-18(25)13-24-19(26)12-16(14-27-2)22-20(24)23-8-10-28-11-9-23/h4-7,12H,3,8-11,13-14H2,1-2H3,(H,21,25). The Kier molecular flexibility index (Phi) is 7.20. The molecule has 0 spiro atoms. The molecule has 3 rings (SSSR count). The van der Waals surface area contributed by atoms with E-state index in [1.165, 1.54) is 10.6 Å². The number of carbonyl (C=O) groups is 1. The molecule has 29 heavy (non-hydrogen) atoms. The van der Waals surface area contributed by atoms with Gasteiger partial charge in [0, 0.05) is 32.0 Å². The largest absolute Gasteiger partial charge is 0.494 e. The third-order valence-electron chi connectivity index (χ3n) is 4.38. The number of hydrogen-bond acceptors (Lipinski definition) is 7. The fourth-order valence-electron chi connectivity index (χ4n) is 3.06. The smallest absolute Gasteiger partial charge is 0.255 e. The summed E-state index contributed by atoms with van der Waals surface area (Å²) in [5.74, 6) is 0.871. The van der Waals surface area contributed by atoms with Gasteiger partial charge >= 0.3 is 0 Å². The van der Waals surface area contributed by atoms with Gasteiger partial charge in [0.05, 0.1) is 32.1 Å². The predicted molar refractivity (Wildman–Crippen MR) is 108 cm³/mol. The van der Waals surface area contributed by atoms with Gasteiger partial charge < -0.3 is 24.4 Å². The van der Waals surface area contributed by atoms with E-state index in [0.717, 1.165) is 5.75 Å². The van der Waals surface area contributed by atoms with Crippen LogP contribution in [0.4, 0.5) is 11.6 Å². The lowest BCUT2D eigenvalue weighted by Gasteiger charge is -2.29. The van der Waals surface area contributed by atoms with Gasteiger partial charge in [-0.25, -0.2) is 4.98 Å². The molecule has 2 heterocycles. The maximum Gasteiger partial charge on any atom is 0.255 e. The topological polar surface area (TPSA) is 94.9 Å². The van der Waals surface area contributed by atoms with Crippen molar-refractivity contribution in [1.82, 2.24) is 9.55 Å². The summed E-state index contributed by atoms with van der Waals surface area (Å²) in [6.07, 6.45) is 0. The lowest BCUT2D eigenvalue weighted by atomic mass is 10.3.